The van der Waals surface area contributed by atoms with E-state index in [-0.39, 0.29) is 12.1 Å². The molecule has 1 fully saturated rings. The molecule has 1 saturated heterocycles. The van der Waals surface area contributed by atoms with Gasteiger partial charge in [0.15, 0.2) is 0 Å². The molecule has 3 aromatic rings. The largest absolute Gasteiger partial charge is 0.388 e. The summed E-state index contributed by atoms with van der Waals surface area (Å²) >= 11 is 0. The van der Waals surface area contributed by atoms with E-state index in [1.54, 1.807) is 0 Å². The molecule has 0 aliphatic carbocycles. The number of nitrogens with zero attached hydrogens (tertiary/aromatic N) is 1. The number of unbranched alkanes of at least 4 members (excludes halogenated alkanes) is 6. The zero-order chi connectivity index (χ0) is 28.5. The lowest BCUT2D eigenvalue weighted by atomic mass is 9.93. The number of hydrogen-bond acceptors (Lipinski definition) is 5. The van der Waals surface area contributed by atoms with Gasteiger partial charge in [0, 0.05) is 6.54 Å². The lowest BCUT2D eigenvalue weighted by Gasteiger charge is -2.47. The predicted molar refractivity (Wildman–Crippen MR) is 165 cm³/mol. The van der Waals surface area contributed by atoms with Crippen LogP contribution >= 0.6 is 0 Å². The van der Waals surface area contributed by atoms with E-state index in [0.29, 0.717) is 33.0 Å². The highest BCUT2D eigenvalue weighted by molar-refractivity contribution is 5.15. The summed E-state index contributed by atoms with van der Waals surface area (Å²) in [5.41, 5.74) is 3.34. The van der Waals surface area contributed by atoms with Crippen molar-refractivity contribution in [1.82, 2.24) is 4.90 Å². The minimum Gasteiger partial charge on any atom is -0.388 e. The Bertz CT molecular complexity index is 1060. The maximum absolute atomic E-state index is 11.6. The second-order valence-corrected chi connectivity index (χ2v) is 11.3. The Morgan fingerprint density at radius 1 is 0.659 bits per heavy atom. The highest BCUT2D eigenvalue weighted by Crippen LogP contribution is 2.27. The van der Waals surface area contributed by atoms with Crippen molar-refractivity contribution in [3.63, 3.8) is 0 Å². The topological polar surface area (TPSA) is 51.2 Å². The third kappa shape index (κ3) is 10.7. The van der Waals surface area contributed by atoms with Crippen LogP contribution in [0, 0.1) is 0 Å². The van der Waals surface area contributed by atoms with E-state index in [9.17, 15) is 5.11 Å². The fraction of sp³-hybridized carbons (Fsp3) is 0.500. The number of rotatable bonds is 18. The van der Waals surface area contributed by atoms with Crippen LogP contribution < -0.4 is 0 Å². The first-order valence-electron chi connectivity index (χ1n) is 15.6. The van der Waals surface area contributed by atoms with Gasteiger partial charge in [-0.1, -0.05) is 136 Å². The fourth-order valence-corrected chi connectivity index (χ4v) is 5.63. The molecule has 1 aliphatic rings. The summed E-state index contributed by atoms with van der Waals surface area (Å²) in [7, 11) is 0. The van der Waals surface area contributed by atoms with Gasteiger partial charge in [0.1, 0.15) is 12.2 Å². The molecule has 0 aromatic heterocycles. The van der Waals surface area contributed by atoms with E-state index in [1.165, 1.54) is 38.5 Å². The van der Waals surface area contributed by atoms with Gasteiger partial charge < -0.3 is 19.3 Å². The number of aliphatic hydroxyl groups is 1. The van der Waals surface area contributed by atoms with E-state index in [2.05, 4.69) is 48.2 Å². The maximum atomic E-state index is 11.6. The minimum absolute atomic E-state index is 0.0610. The average molecular weight is 560 g/mol. The zero-order valence-corrected chi connectivity index (χ0v) is 24.8. The molecular formula is C36H49NO4. The highest BCUT2D eigenvalue weighted by Gasteiger charge is 2.44. The molecule has 3 aromatic carbocycles. The Hall–Kier alpha value is -2.54. The van der Waals surface area contributed by atoms with Gasteiger partial charge in [-0.3, -0.25) is 4.90 Å². The summed E-state index contributed by atoms with van der Waals surface area (Å²) in [6, 6.07) is 30.6. The first-order chi connectivity index (χ1) is 20.2. The second-order valence-electron chi connectivity index (χ2n) is 11.3. The molecule has 5 heteroatoms. The van der Waals surface area contributed by atoms with E-state index in [0.717, 1.165) is 29.7 Å². The number of likely N-dealkylation sites (tertiary alicyclic amines) is 1. The molecule has 0 saturated carbocycles. The molecule has 4 atom stereocenters. The Kier molecular flexibility index (Phi) is 13.9. The lowest BCUT2D eigenvalue weighted by Crippen LogP contribution is -2.64. The molecule has 1 heterocycles. The number of hydrogen-bond donors (Lipinski definition) is 1. The zero-order valence-electron chi connectivity index (χ0n) is 24.8. The minimum atomic E-state index is -0.752. The fourth-order valence-electron chi connectivity index (χ4n) is 5.63. The van der Waals surface area contributed by atoms with Crippen LogP contribution in [-0.2, 0) is 34.0 Å². The average Bonchev–Trinajstić information content (AvgIpc) is 3.02. The molecule has 1 N–H and O–H groups in total. The molecule has 1 aliphatic heterocycles. The lowest BCUT2D eigenvalue weighted by molar-refractivity contribution is -0.191. The van der Waals surface area contributed by atoms with Gasteiger partial charge in [-0.25, -0.2) is 0 Å². The van der Waals surface area contributed by atoms with Gasteiger partial charge in [0.25, 0.3) is 0 Å². The number of aliphatic hydroxyl groups excluding tert-OH is 1. The van der Waals surface area contributed by atoms with Crippen molar-refractivity contribution in [1.29, 1.82) is 0 Å². The van der Waals surface area contributed by atoms with Crippen molar-refractivity contribution in [3.05, 3.63) is 108 Å². The van der Waals surface area contributed by atoms with Gasteiger partial charge in [-0.15, -0.1) is 0 Å². The molecule has 4 rings (SSSR count). The Labute approximate surface area is 247 Å². The Balaban J connectivity index is 1.45. The van der Waals surface area contributed by atoms with Crippen molar-refractivity contribution in [2.75, 3.05) is 19.7 Å². The van der Waals surface area contributed by atoms with Gasteiger partial charge in [-0.05, 0) is 29.7 Å². The molecular weight excluding hydrogens is 510 g/mol. The van der Waals surface area contributed by atoms with Crippen molar-refractivity contribution in [2.45, 2.75) is 96.0 Å². The number of piperidine rings is 1. The molecule has 5 nitrogen and oxygen atoms in total. The van der Waals surface area contributed by atoms with E-state index >= 15 is 0 Å². The van der Waals surface area contributed by atoms with E-state index in [1.807, 2.05) is 54.6 Å². The first kappa shape index (κ1) is 31.4. The summed E-state index contributed by atoms with van der Waals surface area (Å²) in [4.78, 5) is 2.45. The molecule has 4 unspecified atom stereocenters. The van der Waals surface area contributed by atoms with Crippen LogP contribution in [0.1, 0.15) is 68.6 Å². The molecule has 0 spiro atoms. The quantitative estimate of drug-likeness (QED) is 0.168. The first-order valence-corrected chi connectivity index (χ1v) is 15.6. The van der Waals surface area contributed by atoms with Crippen LogP contribution in [0.3, 0.4) is 0 Å². The van der Waals surface area contributed by atoms with Crippen LogP contribution in [0.5, 0.6) is 0 Å². The third-order valence-electron chi connectivity index (χ3n) is 8.02. The van der Waals surface area contributed by atoms with Crippen LogP contribution in [0.15, 0.2) is 91.0 Å². The van der Waals surface area contributed by atoms with Crippen molar-refractivity contribution >= 4 is 0 Å². The number of benzene rings is 3. The smallest absolute Gasteiger partial charge is 0.109 e. The molecule has 0 bridgehead atoms. The van der Waals surface area contributed by atoms with Gasteiger partial charge in [0.2, 0.25) is 0 Å². The summed E-state index contributed by atoms with van der Waals surface area (Å²) in [5.74, 6) is 0. The molecule has 0 radical (unpaired) electrons. The van der Waals surface area contributed by atoms with Gasteiger partial charge >= 0.3 is 0 Å². The van der Waals surface area contributed by atoms with E-state index < -0.39 is 12.2 Å². The Morgan fingerprint density at radius 2 is 1.17 bits per heavy atom. The summed E-state index contributed by atoms with van der Waals surface area (Å²) in [5, 5.41) is 11.6. The predicted octanol–water partition coefficient (Wildman–Crippen LogP) is 7.17. The van der Waals surface area contributed by atoms with Crippen LogP contribution in [0.4, 0.5) is 0 Å². The van der Waals surface area contributed by atoms with Crippen molar-refractivity contribution in [2.24, 2.45) is 0 Å². The summed E-state index contributed by atoms with van der Waals surface area (Å²) in [6.45, 7) is 5.80. The monoisotopic (exact) mass is 559 g/mol. The Morgan fingerprint density at radius 3 is 1.76 bits per heavy atom. The highest BCUT2D eigenvalue weighted by atomic mass is 16.5. The van der Waals surface area contributed by atoms with E-state index in [4.69, 9.17) is 14.2 Å². The normalized spacial score (nSPS) is 21.2. The maximum Gasteiger partial charge on any atom is 0.109 e. The summed E-state index contributed by atoms with van der Waals surface area (Å²) < 4.78 is 19.2. The molecule has 0 amide bonds. The second kappa shape index (κ2) is 18.1. The third-order valence-corrected chi connectivity index (χ3v) is 8.02. The summed E-state index contributed by atoms with van der Waals surface area (Å²) in [6.07, 6.45) is 7.32. The van der Waals surface area contributed by atoms with Gasteiger partial charge in [-0.2, -0.15) is 0 Å². The van der Waals surface area contributed by atoms with Crippen molar-refractivity contribution < 1.29 is 19.3 Å². The van der Waals surface area contributed by atoms with Crippen LogP contribution in [-0.4, -0.2) is 54.1 Å². The standard InChI is InChI=1S/C36H49NO4/c1-2-3-4-5-6-7-17-24-37-25-34(40-27-31-20-13-9-14-21-31)35(38)36(41-28-32-22-15-10-16-23-32)33(37)29-39-26-30-18-11-8-12-19-30/h8-16,18-23,33-36,38H,2-7,17,24-29H2,1H3. The van der Waals surface area contributed by atoms with Gasteiger partial charge in [0.05, 0.1) is 38.6 Å². The molecule has 41 heavy (non-hydrogen) atoms. The molecule has 222 valence electrons. The number of ether oxygens (including phenoxy) is 3. The van der Waals surface area contributed by atoms with Crippen molar-refractivity contribution in [3.8, 4) is 0 Å². The van der Waals surface area contributed by atoms with Crippen LogP contribution in [0.2, 0.25) is 0 Å². The SMILES string of the molecule is CCCCCCCCCN1CC(OCc2ccccc2)C(O)C(OCc2ccccc2)C1COCc1ccccc1. The van der Waals surface area contributed by atoms with Crippen LogP contribution in [0.25, 0.3) is 0 Å².